The van der Waals surface area contributed by atoms with Crippen LogP contribution in [0.25, 0.3) is 0 Å². The molecule has 0 aromatic carbocycles. The van der Waals surface area contributed by atoms with Crippen LogP contribution < -0.4 is 0 Å². The van der Waals surface area contributed by atoms with Gasteiger partial charge in [-0.15, -0.1) is 0 Å². The van der Waals surface area contributed by atoms with Crippen LogP contribution in [-0.4, -0.2) is 12.6 Å². The maximum Gasteiger partial charge on any atom is 0.306 e. The van der Waals surface area contributed by atoms with Crippen LogP contribution in [0.4, 0.5) is 0 Å². The van der Waals surface area contributed by atoms with E-state index in [1.165, 1.54) is 0 Å². The maximum atomic E-state index is 11.1. The topological polar surface area (TPSA) is 26.3 Å². The summed E-state index contributed by atoms with van der Waals surface area (Å²) in [4.78, 5) is 11.1. The minimum atomic E-state index is -0.0885. The van der Waals surface area contributed by atoms with Crippen LogP contribution >= 0.6 is 0 Å². The van der Waals surface area contributed by atoms with Gasteiger partial charge in [-0.3, -0.25) is 4.79 Å². The summed E-state index contributed by atoms with van der Waals surface area (Å²) in [6.07, 6.45) is 6.42. The highest BCUT2D eigenvalue weighted by atomic mass is 16.5. The molecule has 0 saturated carbocycles. The Morgan fingerprint density at radius 1 is 1.36 bits per heavy atom. The average molecular weight is 200 g/mol. The average Bonchev–Trinajstić information content (AvgIpc) is 2.09. The Kier molecular flexibility index (Phi) is 11.5. The quantitative estimate of drug-likeness (QED) is 0.484. The van der Waals surface area contributed by atoms with Crippen LogP contribution in [0.3, 0.4) is 0 Å². The van der Waals surface area contributed by atoms with E-state index >= 15 is 0 Å². The van der Waals surface area contributed by atoms with Crippen LogP contribution in [0.2, 0.25) is 0 Å². The van der Waals surface area contributed by atoms with Gasteiger partial charge in [0.1, 0.15) is 0 Å². The Bertz CT molecular complexity index is 160. The van der Waals surface area contributed by atoms with Gasteiger partial charge in [-0.05, 0) is 18.8 Å². The monoisotopic (exact) mass is 200 g/mol. The van der Waals surface area contributed by atoms with E-state index in [2.05, 4.69) is 13.0 Å². The molecule has 2 nitrogen and oxygen atoms in total. The van der Waals surface area contributed by atoms with Gasteiger partial charge in [-0.2, -0.15) is 0 Å². The summed E-state index contributed by atoms with van der Waals surface area (Å²) in [5, 5.41) is 0. The van der Waals surface area contributed by atoms with Crippen molar-refractivity contribution in [3.05, 3.63) is 12.2 Å². The molecule has 0 atom stereocenters. The largest absolute Gasteiger partial charge is 0.465 e. The van der Waals surface area contributed by atoms with Crippen molar-refractivity contribution in [1.82, 2.24) is 0 Å². The second kappa shape index (κ2) is 10.3. The van der Waals surface area contributed by atoms with Crippen molar-refractivity contribution >= 4 is 5.97 Å². The summed E-state index contributed by atoms with van der Waals surface area (Å²) >= 11 is 0. The van der Waals surface area contributed by atoms with Crippen LogP contribution in [0.1, 0.15) is 47.5 Å². The molecule has 0 rings (SSSR count). The predicted molar refractivity (Wildman–Crippen MR) is 61.2 cm³/mol. The van der Waals surface area contributed by atoms with E-state index in [0.717, 1.165) is 12.8 Å². The lowest BCUT2D eigenvalue weighted by Gasteiger charge is -2.05. The van der Waals surface area contributed by atoms with Crippen LogP contribution in [0, 0.1) is 5.92 Å². The minimum Gasteiger partial charge on any atom is -0.465 e. The summed E-state index contributed by atoms with van der Waals surface area (Å²) < 4.78 is 5.01. The summed E-state index contributed by atoms with van der Waals surface area (Å²) in [7, 11) is 0. The molecule has 0 aromatic heterocycles. The first-order chi connectivity index (χ1) is 6.16. The van der Waals surface area contributed by atoms with Gasteiger partial charge in [0.2, 0.25) is 0 Å². The molecule has 0 aromatic rings. The smallest absolute Gasteiger partial charge is 0.306 e. The third-order valence-electron chi connectivity index (χ3n) is 1.50. The molecule has 0 bridgehead atoms. The zero-order chi connectivity index (χ0) is 10.1. The number of rotatable bonds is 6. The zero-order valence-corrected chi connectivity index (χ0v) is 8.88. The molecule has 0 N–H and O–H groups in total. The van der Waals surface area contributed by atoms with E-state index in [4.69, 9.17) is 4.74 Å². The van der Waals surface area contributed by atoms with Crippen molar-refractivity contribution < 1.29 is 9.53 Å². The normalized spacial score (nSPS) is 10.3. The summed E-state index contributed by atoms with van der Waals surface area (Å²) in [6.45, 7) is 6.68. The van der Waals surface area contributed by atoms with Gasteiger partial charge in [0.25, 0.3) is 0 Å². The maximum absolute atomic E-state index is 11.1. The number of hydrogen-bond donors (Lipinski definition) is 0. The van der Waals surface area contributed by atoms with E-state index < -0.39 is 0 Å². The van der Waals surface area contributed by atoms with Gasteiger partial charge in [-0.1, -0.05) is 40.3 Å². The van der Waals surface area contributed by atoms with E-state index in [9.17, 15) is 4.79 Å². The zero-order valence-electron chi connectivity index (χ0n) is 8.88. The Labute approximate surface area is 88.3 Å². The highest BCUT2D eigenvalue weighted by Crippen LogP contribution is 1.98. The Morgan fingerprint density at radius 3 is 2.50 bits per heavy atom. The van der Waals surface area contributed by atoms with Gasteiger partial charge < -0.3 is 4.74 Å². The Hall–Kier alpha value is -0.790. The van der Waals surface area contributed by atoms with Crippen LogP contribution in [0.5, 0.6) is 0 Å². The lowest BCUT2D eigenvalue weighted by atomic mass is 10.2. The van der Waals surface area contributed by atoms with Crippen molar-refractivity contribution in [1.29, 1.82) is 0 Å². The van der Waals surface area contributed by atoms with E-state index in [-0.39, 0.29) is 13.4 Å². The fourth-order valence-electron chi connectivity index (χ4n) is 0.817. The molecule has 0 saturated heterocycles. The lowest BCUT2D eigenvalue weighted by molar-refractivity contribution is -0.144. The molecular weight excluding hydrogens is 176 g/mol. The first-order valence-electron chi connectivity index (χ1n) is 4.97. The molecule has 0 fully saturated rings. The first kappa shape index (κ1) is 15.7. The molecule has 0 amide bonds. The van der Waals surface area contributed by atoms with E-state index in [1.807, 2.05) is 19.9 Å². The first-order valence-corrected chi connectivity index (χ1v) is 4.97. The van der Waals surface area contributed by atoms with Gasteiger partial charge >= 0.3 is 5.97 Å². The summed E-state index contributed by atoms with van der Waals surface area (Å²) in [5.74, 6) is 0.338. The van der Waals surface area contributed by atoms with Gasteiger partial charge in [0, 0.05) is 6.42 Å². The molecule has 2 heteroatoms. The molecule has 0 aliphatic heterocycles. The molecular formula is C12H24O2. The Balaban J connectivity index is 0. The molecule has 0 radical (unpaired) electrons. The standard InChI is InChI=1S/C11H20O2.CH4/c1-4-5-6-7-8-11(12)13-9-10(2)3;/h5-6,10H,4,7-9H2,1-3H3;1H4/b6-5+;. The third-order valence-corrected chi connectivity index (χ3v) is 1.50. The molecule has 14 heavy (non-hydrogen) atoms. The molecule has 0 aliphatic carbocycles. The molecule has 0 heterocycles. The fraction of sp³-hybridized carbons (Fsp3) is 0.750. The number of ether oxygens (including phenoxy) is 1. The lowest BCUT2D eigenvalue weighted by Crippen LogP contribution is -2.09. The molecule has 0 spiro atoms. The van der Waals surface area contributed by atoms with Crippen LogP contribution in [-0.2, 0) is 9.53 Å². The highest BCUT2D eigenvalue weighted by Gasteiger charge is 2.01. The van der Waals surface area contributed by atoms with Crippen molar-refractivity contribution in [2.45, 2.75) is 47.5 Å². The molecule has 84 valence electrons. The number of allylic oxidation sites excluding steroid dienone is 2. The van der Waals surface area contributed by atoms with Gasteiger partial charge in [0.05, 0.1) is 6.61 Å². The van der Waals surface area contributed by atoms with Crippen molar-refractivity contribution in [3.63, 3.8) is 0 Å². The predicted octanol–water partition coefficient (Wildman–Crippen LogP) is 3.57. The van der Waals surface area contributed by atoms with Crippen molar-refractivity contribution in [2.75, 3.05) is 6.61 Å². The minimum absolute atomic E-state index is 0. The second-order valence-corrected chi connectivity index (χ2v) is 3.50. The SMILES string of the molecule is C.CC/C=C/CCC(=O)OCC(C)C. The van der Waals surface area contributed by atoms with Crippen molar-refractivity contribution in [2.24, 2.45) is 5.92 Å². The molecule has 0 aliphatic rings. The highest BCUT2D eigenvalue weighted by molar-refractivity contribution is 5.69. The number of carbonyl (C=O) groups is 1. The van der Waals surface area contributed by atoms with Crippen molar-refractivity contribution in [3.8, 4) is 0 Å². The van der Waals surface area contributed by atoms with Gasteiger partial charge in [0.15, 0.2) is 0 Å². The number of esters is 1. The summed E-state index contributed by atoms with van der Waals surface area (Å²) in [5.41, 5.74) is 0. The third kappa shape index (κ3) is 11.2. The number of hydrogen-bond acceptors (Lipinski definition) is 2. The van der Waals surface area contributed by atoms with E-state index in [1.54, 1.807) is 0 Å². The van der Waals surface area contributed by atoms with Gasteiger partial charge in [-0.25, -0.2) is 0 Å². The fourth-order valence-corrected chi connectivity index (χ4v) is 0.817. The number of carbonyl (C=O) groups excluding carboxylic acids is 1. The van der Waals surface area contributed by atoms with E-state index in [0.29, 0.717) is 18.9 Å². The summed E-state index contributed by atoms with van der Waals surface area (Å²) in [6, 6.07) is 0. The Morgan fingerprint density at radius 2 is 2.00 bits per heavy atom. The van der Waals surface area contributed by atoms with Crippen LogP contribution in [0.15, 0.2) is 12.2 Å². The molecule has 0 unspecified atom stereocenters. The second-order valence-electron chi connectivity index (χ2n) is 3.50.